The number of aliphatic hydroxyl groups is 2. The fourth-order valence-corrected chi connectivity index (χ4v) is 2.53. The number of hydrogen-bond donors (Lipinski definition) is 6. The molecular formula is C22H34N4O6. The van der Waals surface area contributed by atoms with E-state index < -0.39 is 48.9 Å². The van der Waals surface area contributed by atoms with Gasteiger partial charge in [0.15, 0.2) is 0 Å². The second-order valence-corrected chi connectivity index (χ2v) is 8.28. The minimum Gasteiger partial charge on any atom is -0.394 e. The number of hydrogen-bond acceptors (Lipinski definition) is 6. The van der Waals surface area contributed by atoms with Gasteiger partial charge in [-0.05, 0) is 30.0 Å². The Morgan fingerprint density at radius 3 is 1.44 bits per heavy atom. The van der Waals surface area contributed by atoms with Gasteiger partial charge in [0.05, 0.1) is 13.2 Å². The second-order valence-electron chi connectivity index (χ2n) is 8.28. The molecule has 0 aliphatic heterocycles. The highest BCUT2D eigenvalue weighted by atomic mass is 16.3. The molecule has 0 aliphatic rings. The monoisotopic (exact) mass is 450 g/mol. The summed E-state index contributed by atoms with van der Waals surface area (Å²) in [5.41, 5.74) is 0.190. The lowest BCUT2D eigenvalue weighted by Gasteiger charge is -2.18. The molecule has 1 rings (SSSR count). The van der Waals surface area contributed by atoms with Crippen molar-refractivity contribution in [3.05, 3.63) is 35.4 Å². The molecule has 6 N–H and O–H groups in total. The maximum atomic E-state index is 12.5. The van der Waals surface area contributed by atoms with Crippen LogP contribution in [0.5, 0.6) is 0 Å². The third kappa shape index (κ3) is 9.03. The molecule has 0 aromatic heterocycles. The number of carbonyl (C=O) groups excluding carboxylic acids is 4. The van der Waals surface area contributed by atoms with Crippen LogP contribution < -0.4 is 21.3 Å². The molecule has 10 nitrogen and oxygen atoms in total. The molecule has 32 heavy (non-hydrogen) atoms. The summed E-state index contributed by atoms with van der Waals surface area (Å²) in [6, 6.07) is 3.40. The fraction of sp³-hybridized carbons (Fsp3) is 0.545. The summed E-state index contributed by atoms with van der Waals surface area (Å²) < 4.78 is 0. The Kier molecular flexibility index (Phi) is 11.4. The first-order valence-electron chi connectivity index (χ1n) is 10.6. The maximum absolute atomic E-state index is 12.5. The van der Waals surface area contributed by atoms with Gasteiger partial charge in [-0.3, -0.25) is 19.2 Å². The molecular weight excluding hydrogens is 416 g/mol. The van der Waals surface area contributed by atoms with Crippen LogP contribution >= 0.6 is 0 Å². The highest BCUT2D eigenvalue weighted by Crippen LogP contribution is 2.07. The molecule has 1 aromatic rings. The first kappa shape index (κ1) is 27.1. The van der Waals surface area contributed by atoms with Gasteiger partial charge < -0.3 is 31.5 Å². The van der Waals surface area contributed by atoms with Gasteiger partial charge in [0.2, 0.25) is 11.8 Å². The van der Waals surface area contributed by atoms with Crippen LogP contribution in [-0.4, -0.2) is 72.2 Å². The van der Waals surface area contributed by atoms with Gasteiger partial charge in [-0.1, -0.05) is 33.8 Å². The van der Waals surface area contributed by atoms with E-state index in [0.29, 0.717) is 13.1 Å². The molecule has 0 bridgehead atoms. The van der Waals surface area contributed by atoms with E-state index in [1.54, 1.807) is 0 Å². The Balaban J connectivity index is 2.82. The van der Waals surface area contributed by atoms with Crippen molar-refractivity contribution >= 4 is 23.6 Å². The van der Waals surface area contributed by atoms with E-state index in [2.05, 4.69) is 21.3 Å². The number of aliphatic hydroxyl groups excluding tert-OH is 2. The van der Waals surface area contributed by atoms with Gasteiger partial charge in [-0.25, -0.2) is 0 Å². The first-order valence-corrected chi connectivity index (χ1v) is 10.6. The molecule has 1 aromatic carbocycles. The number of carbonyl (C=O) groups is 4. The van der Waals surface area contributed by atoms with E-state index in [0.717, 1.165) is 0 Å². The minimum absolute atomic E-state index is 0.0950. The average Bonchev–Trinajstić information content (AvgIpc) is 2.77. The van der Waals surface area contributed by atoms with Crippen LogP contribution in [-0.2, 0) is 9.59 Å². The van der Waals surface area contributed by atoms with Crippen molar-refractivity contribution in [1.82, 2.24) is 21.3 Å². The van der Waals surface area contributed by atoms with Gasteiger partial charge in [-0.15, -0.1) is 0 Å². The predicted molar refractivity (Wildman–Crippen MR) is 119 cm³/mol. The molecule has 0 aliphatic carbocycles. The number of benzene rings is 1. The van der Waals surface area contributed by atoms with E-state index in [1.165, 1.54) is 24.3 Å². The molecule has 0 fully saturated rings. The Labute approximate surface area is 188 Å². The number of amides is 4. The van der Waals surface area contributed by atoms with Crippen LogP contribution in [0.1, 0.15) is 48.4 Å². The smallest absolute Gasteiger partial charge is 0.252 e. The van der Waals surface area contributed by atoms with Crippen LogP contribution in [0.3, 0.4) is 0 Å². The zero-order valence-corrected chi connectivity index (χ0v) is 19.0. The highest BCUT2D eigenvalue weighted by molar-refractivity contribution is 6.02. The van der Waals surface area contributed by atoms with Crippen molar-refractivity contribution < 1.29 is 29.4 Å². The predicted octanol–water partition coefficient (Wildman–Crippen LogP) is -0.588. The van der Waals surface area contributed by atoms with Crippen molar-refractivity contribution in [1.29, 1.82) is 0 Å². The van der Waals surface area contributed by atoms with Crippen LogP contribution in [0.25, 0.3) is 0 Å². The standard InChI is InChI=1S/C22H34N4O6/c1-13(2)9-23-21(31)17(11-27)25-19(29)15-6-5-7-16(8-15)20(30)26-18(12-28)22(32)24-10-14(3)4/h5-8,13-14,17-18,27-28H,9-12H2,1-4H3,(H,23,31)(H,24,32)(H,25,29)(H,26,30)/t17-,18-/m0/s1. The van der Waals surface area contributed by atoms with Crippen LogP contribution in [0.15, 0.2) is 24.3 Å². The van der Waals surface area contributed by atoms with Crippen molar-refractivity contribution in [3.63, 3.8) is 0 Å². The summed E-state index contributed by atoms with van der Waals surface area (Å²) in [5, 5.41) is 29.0. The quantitative estimate of drug-likeness (QED) is 0.250. The van der Waals surface area contributed by atoms with E-state index in [9.17, 15) is 29.4 Å². The van der Waals surface area contributed by atoms with Gasteiger partial charge in [0.25, 0.3) is 11.8 Å². The minimum atomic E-state index is -1.14. The van der Waals surface area contributed by atoms with Crippen LogP contribution in [0.2, 0.25) is 0 Å². The van der Waals surface area contributed by atoms with Crippen molar-refractivity contribution in [2.24, 2.45) is 11.8 Å². The molecule has 10 heteroatoms. The lowest BCUT2D eigenvalue weighted by atomic mass is 10.1. The van der Waals surface area contributed by atoms with E-state index in [-0.39, 0.29) is 23.0 Å². The molecule has 2 atom stereocenters. The summed E-state index contributed by atoms with van der Waals surface area (Å²) in [4.78, 5) is 49.3. The van der Waals surface area contributed by atoms with Gasteiger partial charge >= 0.3 is 0 Å². The Morgan fingerprint density at radius 2 is 1.12 bits per heavy atom. The van der Waals surface area contributed by atoms with Crippen molar-refractivity contribution in [2.75, 3.05) is 26.3 Å². The molecule has 4 amide bonds. The normalized spacial score (nSPS) is 12.8. The maximum Gasteiger partial charge on any atom is 0.252 e. The summed E-state index contributed by atoms with van der Waals surface area (Å²) in [5.74, 6) is -1.90. The molecule has 0 heterocycles. The first-order chi connectivity index (χ1) is 15.1. The summed E-state index contributed by atoms with van der Waals surface area (Å²) in [7, 11) is 0. The van der Waals surface area contributed by atoms with E-state index in [1.807, 2.05) is 27.7 Å². The van der Waals surface area contributed by atoms with Crippen molar-refractivity contribution in [3.8, 4) is 0 Å². The Bertz CT molecular complexity index is 735. The third-order valence-corrected chi connectivity index (χ3v) is 4.36. The van der Waals surface area contributed by atoms with E-state index in [4.69, 9.17) is 0 Å². The molecule has 178 valence electrons. The van der Waals surface area contributed by atoms with E-state index >= 15 is 0 Å². The average molecular weight is 451 g/mol. The SMILES string of the molecule is CC(C)CNC(=O)[C@H](CO)NC(=O)c1cccc(C(=O)N[C@@H](CO)C(=O)NCC(C)C)c1. The number of rotatable bonds is 12. The molecule has 0 radical (unpaired) electrons. The van der Waals surface area contributed by atoms with Gasteiger partial charge in [0, 0.05) is 24.2 Å². The Morgan fingerprint density at radius 1 is 0.750 bits per heavy atom. The number of nitrogens with one attached hydrogen (secondary N) is 4. The zero-order chi connectivity index (χ0) is 24.3. The lowest BCUT2D eigenvalue weighted by Crippen LogP contribution is -2.50. The van der Waals surface area contributed by atoms with Crippen molar-refractivity contribution in [2.45, 2.75) is 39.8 Å². The summed E-state index contributed by atoms with van der Waals surface area (Å²) in [6.45, 7) is 7.29. The van der Waals surface area contributed by atoms with Crippen LogP contribution in [0, 0.1) is 11.8 Å². The summed E-state index contributed by atoms with van der Waals surface area (Å²) in [6.07, 6.45) is 0. The van der Waals surface area contributed by atoms with Crippen LogP contribution in [0.4, 0.5) is 0 Å². The molecule has 0 spiro atoms. The molecule has 0 saturated carbocycles. The third-order valence-electron chi connectivity index (χ3n) is 4.36. The zero-order valence-electron chi connectivity index (χ0n) is 19.0. The highest BCUT2D eigenvalue weighted by Gasteiger charge is 2.23. The lowest BCUT2D eigenvalue weighted by molar-refractivity contribution is -0.124. The Hall–Kier alpha value is -2.98. The molecule has 0 unspecified atom stereocenters. The second kappa shape index (κ2) is 13.4. The molecule has 0 saturated heterocycles. The largest absolute Gasteiger partial charge is 0.394 e. The summed E-state index contributed by atoms with van der Waals surface area (Å²) >= 11 is 0. The van der Waals surface area contributed by atoms with Gasteiger partial charge in [0.1, 0.15) is 12.1 Å². The van der Waals surface area contributed by atoms with Gasteiger partial charge in [-0.2, -0.15) is 0 Å². The fourth-order valence-electron chi connectivity index (χ4n) is 2.53. The topological polar surface area (TPSA) is 157 Å².